The maximum absolute atomic E-state index is 15.4. The average molecular weight is 469 g/mol. The fourth-order valence-electron chi connectivity index (χ4n) is 5.52. The van der Waals surface area contributed by atoms with Gasteiger partial charge in [0.05, 0.1) is 12.2 Å². The van der Waals surface area contributed by atoms with Crippen molar-refractivity contribution in [3.63, 3.8) is 0 Å². The normalized spacial score (nSPS) is 17.5. The topological polar surface area (TPSA) is 41.4 Å². The molecule has 1 aromatic carbocycles. The molecule has 3 heterocycles. The molecule has 0 aliphatic carbocycles. The number of carbonyl (C=O) groups is 1. The minimum Gasteiger partial charge on any atom is -0.335 e. The number of benzene rings is 1. The number of carbonyl (C=O) groups excluding carboxylic acids is 1. The zero-order valence-electron chi connectivity index (χ0n) is 21.8. The van der Waals surface area contributed by atoms with Crippen LogP contribution in [0.2, 0.25) is 0 Å². The largest absolute Gasteiger partial charge is 0.335 e. The summed E-state index contributed by atoms with van der Waals surface area (Å²) in [4.78, 5) is 21.6. The number of halogens is 1. The van der Waals surface area contributed by atoms with Crippen LogP contribution in [-0.2, 0) is 24.3 Å². The van der Waals surface area contributed by atoms with Crippen molar-refractivity contribution in [2.24, 2.45) is 0 Å². The molecule has 1 aromatic heterocycles. The van der Waals surface area contributed by atoms with Crippen LogP contribution in [0.15, 0.2) is 12.1 Å². The van der Waals surface area contributed by atoms with Gasteiger partial charge in [-0.2, -0.15) is 0 Å². The van der Waals surface area contributed by atoms with Crippen molar-refractivity contribution in [1.82, 2.24) is 14.5 Å². The Balaban J connectivity index is 1.85. The van der Waals surface area contributed by atoms with Gasteiger partial charge in [-0.25, -0.2) is 9.37 Å². The van der Waals surface area contributed by atoms with Crippen molar-refractivity contribution in [3.8, 4) is 0 Å². The number of nitrogens with zero attached hydrogens (tertiary/aromatic N) is 4. The van der Waals surface area contributed by atoms with E-state index in [1.165, 1.54) is 11.1 Å². The lowest BCUT2D eigenvalue weighted by molar-refractivity contribution is -0.130. The van der Waals surface area contributed by atoms with E-state index in [4.69, 9.17) is 4.98 Å². The predicted octanol–water partition coefficient (Wildman–Crippen LogP) is 6.78. The highest BCUT2D eigenvalue weighted by Gasteiger charge is 2.32. The number of hydrogen-bond acceptors (Lipinski definition) is 3. The first-order valence-electron chi connectivity index (χ1n) is 13.2. The van der Waals surface area contributed by atoms with Gasteiger partial charge < -0.3 is 14.4 Å². The van der Waals surface area contributed by atoms with Crippen molar-refractivity contribution < 1.29 is 9.18 Å². The summed E-state index contributed by atoms with van der Waals surface area (Å²) in [5.74, 6) is 2.75. The third-order valence-electron chi connectivity index (χ3n) is 7.66. The van der Waals surface area contributed by atoms with E-state index in [1.54, 1.807) is 6.92 Å². The maximum Gasteiger partial charge on any atom is 0.219 e. The number of aromatic nitrogens is 2. The summed E-state index contributed by atoms with van der Waals surface area (Å²) in [7, 11) is 0. The number of amides is 1. The van der Waals surface area contributed by atoms with Crippen LogP contribution in [0.1, 0.15) is 113 Å². The number of imidazole rings is 1. The van der Waals surface area contributed by atoms with Crippen LogP contribution < -0.4 is 4.90 Å². The van der Waals surface area contributed by atoms with Crippen molar-refractivity contribution >= 4 is 17.4 Å². The molecule has 4 rings (SSSR count). The standard InChI is InChI=1S/C28H41FN4O/c1-7-10-24(29)23-16-25-21(15-22(23)19(5)8-2)11-9-12-32(25)28-26-17-31(20(6)34)13-14-33(26)27(30-28)18(3)4/h15-16,18-19,24H,7-14,17H2,1-6H3. The molecule has 2 aliphatic rings. The molecule has 0 saturated carbocycles. The van der Waals surface area contributed by atoms with Crippen LogP contribution in [-0.4, -0.2) is 33.4 Å². The van der Waals surface area contributed by atoms with Gasteiger partial charge in [0.2, 0.25) is 5.91 Å². The zero-order chi connectivity index (χ0) is 24.6. The van der Waals surface area contributed by atoms with Gasteiger partial charge in [0.25, 0.3) is 0 Å². The highest BCUT2D eigenvalue weighted by molar-refractivity contribution is 5.74. The van der Waals surface area contributed by atoms with Crippen molar-refractivity contribution in [3.05, 3.63) is 40.3 Å². The molecule has 0 N–H and O–H groups in total. The molecule has 0 fully saturated rings. The van der Waals surface area contributed by atoms with E-state index < -0.39 is 6.17 Å². The third kappa shape index (κ3) is 4.48. The minimum atomic E-state index is -0.946. The Morgan fingerprint density at radius 1 is 1.12 bits per heavy atom. The van der Waals surface area contributed by atoms with Gasteiger partial charge in [-0.1, -0.05) is 47.1 Å². The van der Waals surface area contributed by atoms with Gasteiger partial charge in [-0.3, -0.25) is 4.79 Å². The van der Waals surface area contributed by atoms with E-state index in [0.717, 1.165) is 73.9 Å². The molecule has 34 heavy (non-hydrogen) atoms. The molecule has 0 bridgehead atoms. The van der Waals surface area contributed by atoms with Crippen LogP contribution in [0.4, 0.5) is 15.9 Å². The molecular weight excluding hydrogens is 427 g/mol. The van der Waals surface area contributed by atoms with Gasteiger partial charge in [0.15, 0.2) is 5.82 Å². The molecule has 1 amide bonds. The molecule has 5 nitrogen and oxygen atoms in total. The predicted molar refractivity (Wildman–Crippen MR) is 137 cm³/mol. The summed E-state index contributed by atoms with van der Waals surface area (Å²) < 4.78 is 17.7. The third-order valence-corrected chi connectivity index (χ3v) is 7.66. The van der Waals surface area contributed by atoms with Crippen LogP contribution in [0.25, 0.3) is 0 Å². The average Bonchev–Trinajstić information content (AvgIpc) is 3.21. The molecule has 2 aliphatic heterocycles. The second-order valence-electron chi connectivity index (χ2n) is 10.4. The monoisotopic (exact) mass is 468 g/mol. The van der Waals surface area contributed by atoms with E-state index >= 15 is 4.39 Å². The molecule has 2 aromatic rings. The number of rotatable bonds is 7. The van der Waals surface area contributed by atoms with Gasteiger partial charge in [0, 0.05) is 38.2 Å². The highest BCUT2D eigenvalue weighted by Crippen LogP contribution is 2.42. The van der Waals surface area contributed by atoms with E-state index in [-0.39, 0.29) is 5.91 Å². The number of anilines is 2. The molecule has 186 valence electrons. The Kier molecular flexibility index (Phi) is 7.34. The first-order chi connectivity index (χ1) is 16.3. The summed E-state index contributed by atoms with van der Waals surface area (Å²) >= 11 is 0. The van der Waals surface area contributed by atoms with Crippen molar-refractivity contribution in [1.29, 1.82) is 0 Å². The molecule has 0 radical (unpaired) electrons. The lowest BCUT2D eigenvalue weighted by atomic mass is 9.86. The highest BCUT2D eigenvalue weighted by atomic mass is 19.1. The Morgan fingerprint density at radius 2 is 1.88 bits per heavy atom. The zero-order valence-corrected chi connectivity index (χ0v) is 21.8. The van der Waals surface area contributed by atoms with E-state index in [0.29, 0.717) is 24.8 Å². The summed E-state index contributed by atoms with van der Waals surface area (Å²) in [6, 6.07) is 4.41. The molecule has 6 heteroatoms. The van der Waals surface area contributed by atoms with E-state index in [1.807, 2.05) is 11.8 Å². The molecule has 2 unspecified atom stereocenters. The first-order valence-corrected chi connectivity index (χ1v) is 13.2. The number of fused-ring (bicyclic) bond motifs is 2. The fourth-order valence-corrected chi connectivity index (χ4v) is 5.52. The Labute approximate surface area is 204 Å². The quantitative estimate of drug-likeness (QED) is 0.450. The maximum atomic E-state index is 15.4. The van der Waals surface area contributed by atoms with Gasteiger partial charge >= 0.3 is 0 Å². The Hall–Kier alpha value is -2.37. The Morgan fingerprint density at radius 3 is 2.53 bits per heavy atom. The Bertz CT molecular complexity index is 1040. The van der Waals surface area contributed by atoms with Crippen LogP contribution in [0.5, 0.6) is 0 Å². The summed E-state index contributed by atoms with van der Waals surface area (Å²) in [6.07, 6.45) is 3.48. The lowest BCUT2D eigenvalue weighted by Crippen LogP contribution is -2.38. The minimum absolute atomic E-state index is 0.101. The molecule has 0 spiro atoms. The van der Waals surface area contributed by atoms with E-state index in [9.17, 15) is 4.79 Å². The van der Waals surface area contributed by atoms with Crippen LogP contribution in [0.3, 0.4) is 0 Å². The molecular formula is C28H41FN4O. The van der Waals surface area contributed by atoms with Gasteiger partial charge in [0.1, 0.15) is 12.0 Å². The van der Waals surface area contributed by atoms with Gasteiger partial charge in [-0.05, 0) is 54.4 Å². The molecule has 2 atom stereocenters. The summed E-state index contributed by atoms with van der Waals surface area (Å²) in [5.41, 5.74) is 5.52. The van der Waals surface area contributed by atoms with Gasteiger partial charge in [-0.15, -0.1) is 0 Å². The number of hydrogen-bond donors (Lipinski definition) is 0. The smallest absolute Gasteiger partial charge is 0.219 e. The number of aryl methyl sites for hydroxylation is 1. The van der Waals surface area contributed by atoms with E-state index in [2.05, 4.69) is 49.3 Å². The fraction of sp³-hybridized carbons (Fsp3) is 0.643. The molecule has 0 saturated heterocycles. The van der Waals surface area contributed by atoms with Crippen molar-refractivity contribution in [2.45, 2.75) is 105 Å². The second-order valence-corrected chi connectivity index (χ2v) is 10.4. The lowest BCUT2D eigenvalue weighted by Gasteiger charge is -2.34. The summed E-state index contributed by atoms with van der Waals surface area (Å²) in [6.45, 7) is 15.4. The number of alkyl halides is 1. The second kappa shape index (κ2) is 10.1. The van der Waals surface area contributed by atoms with Crippen LogP contribution in [0, 0.1) is 0 Å². The first kappa shape index (κ1) is 24.7. The van der Waals surface area contributed by atoms with Crippen LogP contribution >= 0.6 is 0 Å². The van der Waals surface area contributed by atoms with Crippen molar-refractivity contribution in [2.75, 3.05) is 18.0 Å². The SMILES string of the molecule is CCCC(F)c1cc2c(cc1C(C)CC)CCCN2c1nc(C(C)C)n2c1CN(C(C)=O)CC2. The summed E-state index contributed by atoms with van der Waals surface area (Å²) in [5, 5.41) is 0.